The van der Waals surface area contributed by atoms with E-state index in [1.807, 2.05) is 0 Å². The molecule has 1 radical (unpaired) electrons. The van der Waals surface area contributed by atoms with E-state index in [1.54, 1.807) is 6.92 Å². The summed E-state index contributed by atoms with van der Waals surface area (Å²) in [6, 6.07) is -0.542. The van der Waals surface area contributed by atoms with Gasteiger partial charge in [0.1, 0.15) is 6.23 Å². The Balaban J connectivity index is 0.00000200. The number of hydrogen-bond acceptors (Lipinski definition) is 5. The van der Waals surface area contributed by atoms with Crippen LogP contribution in [0.3, 0.4) is 0 Å². The Morgan fingerprint density at radius 2 is 2.35 bits per heavy atom. The van der Waals surface area contributed by atoms with Crippen molar-refractivity contribution in [3.63, 3.8) is 0 Å². The number of aryl methyl sites for hydroxylation is 1. The van der Waals surface area contributed by atoms with Crippen molar-refractivity contribution in [1.82, 2.24) is 9.55 Å². The molecule has 20 heavy (non-hydrogen) atoms. The minimum absolute atomic E-state index is 0. The van der Waals surface area contributed by atoms with Crippen molar-refractivity contribution in [3.05, 3.63) is 43.0 Å². The zero-order chi connectivity index (χ0) is 14.0. The van der Waals surface area contributed by atoms with Crippen LogP contribution in [0.15, 0.2) is 20.9 Å². The van der Waals surface area contributed by atoms with Gasteiger partial charge in [-0.15, -0.1) is 0 Å². The van der Waals surface area contributed by atoms with E-state index in [9.17, 15) is 9.59 Å². The minimum atomic E-state index is -0.671. The van der Waals surface area contributed by atoms with Crippen LogP contribution < -0.4 is 11.2 Å². The Morgan fingerprint density at radius 1 is 1.65 bits per heavy atom. The van der Waals surface area contributed by atoms with Gasteiger partial charge in [-0.05, 0) is 12.5 Å². The second-order valence-corrected chi connectivity index (χ2v) is 4.30. The summed E-state index contributed by atoms with van der Waals surface area (Å²) in [7, 11) is 0. The summed E-state index contributed by atoms with van der Waals surface area (Å²) in [5.74, 6) is 0. The standard InChI is InChI=1S/C10H13N5O4.Na/c1-5-3-15(10(18)12-9(5)17)8-2-6(13-14-11)7(4-16)19-8;/h3,6-8,16H,2,4H2,1H3,(H,12,17,18);/t6-,7+,8+;/m0./s1. The fourth-order valence-electron chi connectivity index (χ4n) is 2.04. The third-order valence-electron chi connectivity index (χ3n) is 3.04. The minimum Gasteiger partial charge on any atom is -0.394 e. The molecule has 1 aliphatic heterocycles. The van der Waals surface area contributed by atoms with Crippen molar-refractivity contribution in [2.24, 2.45) is 5.11 Å². The fraction of sp³-hybridized carbons (Fsp3) is 0.600. The number of H-pyrrole nitrogens is 1. The van der Waals surface area contributed by atoms with Gasteiger partial charge < -0.3 is 9.84 Å². The van der Waals surface area contributed by atoms with Crippen LogP contribution in [0.2, 0.25) is 0 Å². The molecule has 2 rings (SSSR count). The molecule has 0 bridgehead atoms. The number of ether oxygens (including phenoxy) is 1. The van der Waals surface area contributed by atoms with Gasteiger partial charge in [-0.3, -0.25) is 14.3 Å². The predicted octanol–water partition coefficient (Wildman–Crippen LogP) is -0.577. The molecular formula is C10H13N5NaO4. The van der Waals surface area contributed by atoms with Gasteiger partial charge in [0.25, 0.3) is 5.56 Å². The summed E-state index contributed by atoms with van der Waals surface area (Å²) in [6.45, 7) is 1.26. The van der Waals surface area contributed by atoms with E-state index >= 15 is 0 Å². The van der Waals surface area contributed by atoms with Gasteiger partial charge in [-0.2, -0.15) is 0 Å². The molecule has 0 aromatic carbocycles. The Hall–Kier alpha value is -1.09. The molecule has 0 spiro atoms. The average Bonchev–Trinajstić information content (AvgIpc) is 2.77. The maximum atomic E-state index is 11.7. The number of aromatic nitrogens is 2. The molecular weight excluding hydrogens is 277 g/mol. The predicted molar refractivity (Wildman–Crippen MR) is 70.4 cm³/mol. The number of aliphatic hydroxyl groups is 1. The molecule has 10 heteroatoms. The van der Waals surface area contributed by atoms with Crippen molar-refractivity contribution in [1.29, 1.82) is 0 Å². The first-order valence-corrected chi connectivity index (χ1v) is 5.69. The number of aliphatic hydroxyl groups excluding tert-OH is 1. The van der Waals surface area contributed by atoms with E-state index in [2.05, 4.69) is 15.0 Å². The number of hydrogen-bond donors (Lipinski definition) is 2. The summed E-state index contributed by atoms with van der Waals surface area (Å²) in [6.07, 6.45) is 0.329. The molecule has 0 aliphatic carbocycles. The van der Waals surface area contributed by atoms with Gasteiger partial charge in [0, 0.05) is 52.7 Å². The molecule has 1 aromatic rings. The Kier molecular flexibility index (Phi) is 6.00. The van der Waals surface area contributed by atoms with Gasteiger partial charge in [-0.25, -0.2) is 4.79 Å². The van der Waals surface area contributed by atoms with Crippen molar-refractivity contribution in [2.45, 2.75) is 31.7 Å². The molecule has 0 amide bonds. The van der Waals surface area contributed by atoms with Crippen LogP contribution in [-0.2, 0) is 4.74 Å². The third-order valence-corrected chi connectivity index (χ3v) is 3.04. The second kappa shape index (κ2) is 7.07. The van der Waals surface area contributed by atoms with Crippen molar-refractivity contribution in [3.8, 4) is 0 Å². The molecule has 3 atom stereocenters. The summed E-state index contributed by atoms with van der Waals surface area (Å²) >= 11 is 0. The van der Waals surface area contributed by atoms with Crippen LogP contribution in [0, 0.1) is 6.92 Å². The second-order valence-electron chi connectivity index (χ2n) is 4.30. The molecule has 2 heterocycles. The number of aromatic amines is 1. The maximum absolute atomic E-state index is 11.7. The van der Waals surface area contributed by atoms with Crippen molar-refractivity contribution >= 4 is 29.6 Å². The summed E-state index contributed by atoms with van der Waals surface area (Å²) in [4.78, 5) is 27.8. The van der Waals surface area contributed by atoms with Gasteiger partial charge in [-0.1, -0.05) is 5.11 Å². The third kappa shape index (κ3) is 3.32. The molecule has 1 fully saturated rings. The maximum Gasteiger partial charge on any atom is 0.330 e. The monoisotopic (exact) mass is 290 g/mol. The zero-order valence-electron chi connectivity index (χ0n) is 11.2. The molecule has 2 N–H and O–H groups in total. The number of rotatable bonds is 3. The summed E-state index contributed by atoms with van der Waals surface area (Å²) in [5, 5.41) is 12.7. The van der Waals surface area contributed by atoms with Gasteiger partial charge in [0.2, 0.25) is 0 Å². The van der Waals surface area contributed by atoms with E-state index < -0.39 is 29.6 Å². The van der Waals surface area contributed by atoms with E-state index in [0.717, 1.165) is 0 Å². The molecule has 1 aliphatic rings. The van der Waals surface area contributed by atoms with Crippen molar-refractivity contribution in [2.75, 3.05) is 6.61 Å². The first-order valence-electron chi connectivity index (χ1n) is 5.69. The van der Waals surface area contributed by atoms with Crippen LogP contribution in [0.4, 0.5) is 0 Å². The Labute approximate surface area is 135 Å². The molecule has 103 valence electrons. The normalized spacial score (nSPS) is 24.8. The van der Waals surface area contributed by atoms with Crippen LogP contribution in [0.25, 0.3) is 10.4 Å². The van der Waals surface area contributed by atoms with Crippen LogP contribution in [0.5, 0.6) is 0 Å². The quantitative estimate of drug-likeness (QED) is 0.333. The largest absolute Gasteiger partial charge is 0.394 e. The van der Waals surface area contributed by atoms with Crippen LogP contribution >= 0.6 is 0 Å². The van der Waals surface area contributed by atoms with Gasteiger partial charge in [0.15, 0.2) is 0 Å². The average molecular weight is 290 g/mol. The number of azide groups is 1. The first kappa shape index (κ1) is 17.0. The van der Waals surface area contributed by atoms with Crippen LogP contribution in [-0.4, -0.2) is 63.0 Å². The van der Waals surface area contributed by atoms with Gasteiger partial charge >= 0.3 is 5.69 Å². The summed E-state index contributed by atoms with van der Waals surface area (Å²) in [5.41, 5.74) is 7.76. The fourth-order valence-corrected chi connectivity index (χ4v) is 2.04. The summed E-state index contributed by atoms with van der Waals surface area (Å²) < 4.78 is 6.69. The molecule has 0 unspecified atom stereocenters. The first-order chi connectivity index (χ1) is 9.06. The molecule has 1 aromatic heterocycles. The SMILES string of the molecule is Cc1cn([C@H]2C[C@H](N=[N+]=[N-])[C@@H](CO)O2)c(=O)[nH]c1=O.[Na]. The van der Waals surface area contributed by atoms with E-state index in [-0.39, 0.29) is 42.6 Å². The zero-order valence-corrected chi connectivity index (χ0v) is 13.2. The van der Waals surface area contributed by atoms with Crippen molar-refractivity contribution < 1.29 is 9.84 Å². The number of nitrogens with zero attached hydrogens (tertiary/aromatic N) is 4. The van der Waals surface area contributed by atoms with Crippen LogP contribution in [0.1, 0.15) is 18.2 Å². The van der Waals surface area contributed by atoms with E-state index in [4.69, 9.17) is 15.4 Å². The molecule has 0 saturated carbocycles. The smallest absolute Gasteiger partial charge is 0.330 e. The van der Waals surface area contributed by atoms with E-state index in [0.29, 0.717) is 5.56 Å². The topological polar surface area (TPSA) is 133 Å². The Bertz CT molecular complexity index is 635. The molecule has 1 saturated heterocycles. The van der Waals surface area contributed by atoms with Gasteiger partial charge in [0.05, 0.1) is 18.8 Å². The van der Waals surface area contributed by atoms with E-state index in [1.165, 1.54) is 10.8 Å². The Morgan fingerprint density at radius 3 is 2.95 bits per heavy atom. The number of nitrogens with one attached hydrogen (secondary N) is 1. The molecule has 9 nitrogen and oxygen atoms in total.